The summed E-state index contributed by atoms with van der Waals surface area (Å²) >= 11 is 0. The number of nitrogens with zero attached hydrogens (tertiary/aromatic N) is 1. The first kappa shape index (κ1) is 15.1. The highest BCUT2D eigenvalue weighted by atomic mass is 16.5. The maximum absolute atomic E-state index is 12.0. The quantitative estimate of drug-likeness (QED) is 0.587. The largest absolute Gasteiger partial charge is 0.452 e. The molecule has 1 heterocycles. The smallest absolute Gasteiger partial charge is 0.331 e. The fourth-order valence-corrected chi connectivity index (χ4v) is 2.61. The van der Waals surface area contributed by atoms with Gasteiger partial charge in [-0.25, -0.2) is 4.79 Å². The van der Waals surface area contributed by atoms with Crippen LogP contribution in [0.5, 0.6) is 0 Å². The fourth-order valence-electron chi connectivity index (χ4n) is 2.61. The van der Waals surface area contributed by atoms with Gasteiger partial charge in [0.05, 0.1) is 0 Å². The van der Waals surface area contributed by atoms with Gasteiger partial charge in [-0.3, -0.25) is 4.79 Å². The third-order valence-corrected chi connectivity index (χ3v) is 4.11. The van der Waals surface area contributed by atoms with Crippen LogP contribution in [0.1, 0.15) is 51.9 Å². The lowest BCUT2D eigenvalue weighted by molar-refractivity contribution is -0.148. The maximum atomic E-state index is 12.0. The molecular weight excluding hydrogens is 254 g/mol. The first-order chi connectivity index (χ1) is 9.66. The van der Waals surface area contributed by atoms with Crippen molar-refractivity contribution in [1.29, 1.82) is 0 Å². The molecule has 1 saturated heterocycles. The van der Waals surface area contributed by atoms with Crippen LogP contribution in [0.15, 0.2) is 11.6 Å². The molecule has 0 N–H and O–H groups in total. The molecule has 4 nitrogen and oxygen atoms in total. The highest BCUT2D eigenvalue weighted by molar-refractivity contribution is 5.86. The highest BCUT2D eigenvalue weighted by Gasteiger charge is 2.24. The van der Waals surface area contributed by atoms with E-state index in [0.717, 1.165) is 31.5 Å². The zero-order valence-electron chi connectivity index (χ0n) is 12.4. The lowest BCUT2D eigenvalue weighted by Gasteiger charge is -2.24. The van der Waals surface area contributed by atoms with Gasteiger partial charge in [0.1, 0.15) is 0 Å². The molecule has 2 rings (SSSR count). The van der Waals surface area contributed by atoms with E-state index < -0.39 is 0 Å². The molecule has 112 valence electrons. The SMILES string of the molecule is C/C(=C\C(=O)OCC(=O)N1CCCCCCC1)C1CC1. The molecule has 0 atom stereocenters. The molecule has 0 radical (unpaired) electrons. The Balaban J connectivity index is 1.72. The van der Waals surface area contributed by atoms with E-state index in [4.69, 9.17) is 4.74 Å². The van der Waals surface area contributed by atoms with Gasteiger partial charge in [-0.1, -0.05) is 24.8 Å². The Labute approximate surface area is 121 Å². The van der Waals surface area contributed by atoms with Crippen molar-refractivity contribution in [2.75, 3.05) is 19.7 Å². The molecule has 0 aromatic carbocycles. The van der Waals surface area contributed by atoms with Crippen LogP contribution in [0.2, 0.25) is 0 Å². The van der Waals surface area contributed by atoms with Crippen LogP contribution in [-0.4, -0.2) is 36.5 Å². The minimum atomic E-state index is -0.380. The molecule has 0 aromatic rings. The number of hydrogen-bond acceptors (Lipinski definition) is 3. The molecule has 1 aliphatic carbocycles. The number of amides is 1. The molecule has 0 aromatic heterocycles. The lowest BCUT2D eigenvalue weighted by Crippen LogP contribution is -2.36. The van der Waals surface area contributed by atoms with Crippen LogP contribution in [0.4, 0.5) is 0 Å². The van der Waals surface area contributed by atoms with E-state index in [9.17, 15) is 9.59 Å². The summed E-state index contributed by atoms with van der Waals surface area (Å²) < 4.78 is 5.07. The van der Waals surface area contributed by atoms with E-state index >= 15 is 0 Å². The number of ether oxygens (including phenoxy) is 1. The molecule has 1 aliphatic heterocycles. The first-order valence-corrected chi connectivity index (χ1v) is 7.79. The number of carbonyl (C=O) groups is 2. The summed E-state index contributed by atoms with van der Waals surface area (Å²) in [6, 6.07) is 0. The summed E-state index contributed by atoms with van der Waals surface area (Å²) in [4.78, 5) is 25.5. The Bertz CT molecular complexity index is 377. The molecule has 1 amide bonds. The normalized spacial score (nSPS) is 21.1. The Morgan fingerprint density at radius 3 is 2.30 bits per heavy atom. The summed E-state index contributed by atoms with van der Waals surface area (Å²) in [5.41, 5.74) is 1.08. The summed E-state index contributed by atoms with van der Waals surface area (Å²) in [5.74, 6) is 0.125. The van der Waals surface area contributed by atoms with Crippen LogP contribution >= 0.6 is 0 Å². The van der Waals surface area contributed by atoms with E-state index in [0.29, 0.717) is 5.92 Å². The molecule has 0 bridgehead atoms. The van der Waals surface area contributed by atoms with Gasteiger partial charge in [0.2, 0.25) is 0 Å². The van der Waals surface area contributed by atoms with Crippen LogP contribution in [0.25, 0.3) is 0 Å². The number of rotatable bonds is 4. The van der Waals surface area contributed by atoms with Crippen molar-refractivity contribution in [2.45, 2.75) is 51.9 Å². The molecular formula is C16H25NO3. The molecule has 2 fully saturated rings. The van der Waals surface area contributed by atoms with Crippen molar-refractivity contribution in [3.05, 3.63) is 11.6 Å². The molecule has 4 heteroatoms. The minimum Gasteiger partial charge on any atom is -0.452 e. The van der Waals surface area contributed by atoms with Crippen molar-refractivity contribution < 1.29 is 14.3 Å². The summed E-state index contributed by atoms with van der Waals surface area (Å²) in [6.45, 7) is 3.44. The van der Waals surface area contributed by atoms with E-state index in [2.05, 4.69) is 0 Å². The van der Waals surface area contributed by atoms with Crippen molar-refractivity contribution in [3.8, 4) is 0 Å². The van der Waals surface area contributed by atoms with Gasteiger partial charge < -0.3 is 9.64 Å². The summed E-state index contributed by atoms with van der Waals surface area (Å²) in [6.07, 6.45) is 9.63. The van der Waals surface area contributed by atoms with E-state index in [1.165, 1.54) is 32.1 Å². The lowest BCUT2D eigenvalue weighted by atomic mass is 10.1. The van der Waals surface area contributed by atoms with Crippen LogP contribution in [-0.2, 0) is 14.3 Å². The van der Waals surface area contributed by atoms with E-state index in [1.54, 1.807) is 6.08 Å². The second-order valence-corrected chi connectivity index (χ2v) is 5.92. The van der Waals surface area contributed by atoms with Gasteiger partial charge in [-0.15, -0.1) is 0 Å². The topological polar surface area (TPSA) is 46.6 Å². The molecule has 0 spiro atoms. The third kappa shape index (κ3) is 4.99. The average Bonchev–Trinajstić information content (AvgIpc) is 3.19. The number of esters is 1. The molecule has 2 aliphatic rings. The average molecular weight is 279 g/mol. The van der Waals surface area contributed by atoms with E-state index in [-0.39, 0.29) is 18.5 Å². The number of hydrogen-bond donors (Lipinski definition) is 0. The first-order valence-electron chi connectivity index (χ1n) is 7.79. The molecule has 20 heavy (non-hydrogen) atoms. The Morgan fingerprint density at radius 2 is 1.70 bits per heavy atom. The highest BCUT2D eigenvalue weighted by Crippen LogP contribution is 2.35. The van der Waals surface area contributed by atoms with Crippen molar-refractivity contribution in [2.24, 2.45) is 5.92 Å². The van der Waals surface area contributed by atoms with E-state index in [1.807, 2.05) is 11.8 Å². The monoisotopic (exact) mass is 279 g/mol. The zero-order chi connectivity index (χ0) is 14.4. The molecule has 1 saturated carbocycles. The third-order valence-electron chi connectivity index (χ3n) is 4.11. The predicted molar refractivity (Wildman–Crippen MR) is 77.1 cm³/mol. The summed E-state index contributed by atoms with van der Waals surface area (Å²) in [7, 11) is 0. The zero-order valence-corrected chi connectivity index (χ0v) is 12.4. The number of allylic oxidation sites excluding steroid dienone is 1. The number of carbonyl (C=O) groups excluding carboxylic acids is 2. The van der Waals surface area contributed by atoms with Gasteiger partial charge >= 0.3 is 5.97 Å². The standard InChI is InChI=1S/C16H25NO3/c1-13(14-7-8-14)11-16(19)20-12-15(18)17-9-5-3-2-4-6-10-17/h11,14H,2-10,12H2,1H3/b13-11+. The summed E-state index contributed by atoms with van der Waals surface area (Å²) in [5, 5.41) is 0. The Kier molecular flexibility index (Phi) is 5.62. The van der Waals surface area contributed by atoms with Crippen LogP contribution in [0, 0.1) is 5.92 Å². The number of likely N-dealkylation sites (tertiary alicyclic amines) is 1. The second kappa shape index (κ2) is 7.46. The Hall–Kier alpha value is -1.32. The van der Waals surface area contributed by atoms with Crippen molar-refractivity contribution >= 4 is 11.9 Å². The van der Waals surface area contributed by atoms with Gasteiger partial charge in [0, 0.05) is 19.2 Å². The second-order valence-electron chi connectivity index (χ2n) is 5.92. The fraction of sp³-hybridized carbons (Fsp3) is 0.750. The van der Waals surface area contributed by atoms with Crippen LogP contribution in [0.3, 0.4) is 0 Å². The van der Waals surface area contributed by atoms with Crippen LogP contribution < -0.4 is 0 Å². The predicted octanol–water partition coefficient (Wildman–Crippen LogP) is 2.68. The van der Waals surface area contributed by atoms with Gasteiger partial charge in [-0.05, 0) is 38.5 Å². The van der Waals surface area contributed by atoms with Crippen molar-refractivity contribution in [1.82, 2.24) is 4.90 Å². The van der Waals surface area contributed by atoms with Crippen molar-refractivity contribution in [3.63, 3.8) is 0 Å². The minimum absolute atomic E-state index is 0.0577. The maximum Gasteiger partial charge on any atom is 0.331 e. The van der Waals surface area contributed by atoms with Gasteiger partial charge in [0.15, 0.2) is 6.61 Å². The Morgan fingerprint density at radius 1 is 1.10 bits per heavy atom. The van der Waals surface area contributed by atoms with Gasteiger partial charge in [-0.2, -0.15) is 0 Å². The molecule has 0 unspecified atom stereocenters. The van der Waals surface area contributed by atoms with Gasteiger partial charge in [0.25, 0.3) is 5.91 Å².